The van der Waals surface area contributed by atoms with E-state index in [1.165, 1.54) is 30.0 Å². The Morgan fingerprint density at radius 3 is 2.35 bits per heavy atom. The Bertz CT molecular complexity index is 1300. The topological polar surface area (TPSA) is 59.8 Å². The van der Waals surface area contributed by atoms with Gasteiger partial charge in [-0.3, -0.25) is 9.36 Å². The van der Waals surface area contributed by atoms with Crippen molar-refractivity contribution < 1.29 is 13.6 Å². The van der Waals surface area contributed by atoms with Crippen molar-refractivity contribution >= 4 is 17.7 Å². The molecule has 5 rings (SSSR count). The van der Waals surface area contributed by atoms with Gasteiger partial charge in [0.15, 0.2) is 11.0 Å². The smallest absolute Gasteiger partial charge is 0.230 e. The second-order valence-electron chi connectivity index (χ2n) is 8.31. The first-order chi connectivity index (χ1) is 16.6. The number of carbonyl (C=O) groups excluding carboxylic acids is 1. The highest BCUT2D eigenvalue weighted by Crippen LogP contribution is 2.47. The molecule has 0 spiro atoms. The zero-order valence-electron chi connectivity index (χ0n) is 18.2. The Morgan fingerprint density at radius 2 is 1.65 bits per heavy atom. The molecule has 0 radical (unpaired) electrons. The van der Waals surface area contributed by atoms with Gasteiger partial charge in [-0.05, 0) is 54.8 Å². The van der Waals surface area contributed by atoms with Gasteiger partial charge in [-0.1, -0.05) is 54.2 Å². The summed E-state index contributed by atoms with van der Waals surface area (Å²) in [5.41, 5.74) is 2.04. The second kappa shape index (κ2) is 9.38. The quantitative estimate of drug-likeness (QED) is 0.357. The molecule has 1 fully saturated rings. The van der Waals surface area contributed by atoms with Crippen LogP contribution in [0.3, 0.4) is 0 Å². The van der Waals surface area contributed by atoms with Gasteiger partial charge in [0, 0.05) is 17.6 Å². The maximum Gasteiger partial charge on any atom is 0.230 e. The first-order valence-electron chi connectivity index (χ1n) is 11.0. The van der Waals surface area contributed by atoms with E-state index in [0.717, 1.165) is 24.1 Å². The number of nitrogens with zero attached hydrogens (tertiary/aromatic N) is 3. The van der Waals surface area contributed by atoms with E-state index < -0.39 is 5.82 Å². The number of thioether (sulfide) groups is 1. The molecule has 5 nitrogen and oxygen atoms in total. The highest BCUT2D eigenvalue weighted by molar-refractivity contribution is 7.99. The number of rotatable bonds is 8. The molecular weight excluding hydrogens is 454 g/mol. The van der Waals surface area contributed by atoms with Gasteiger partial charge in [0.05, 0.1) is 11.3 Å². The number of aromatic nitrogens is 3. The molecule has 1 aliphatic carbocycles. The van der Waals surface area contributed by atoms with E-state index >= 15 is 0 Å². The van der Waals surface area contributed by atoms with Gasteiger partial charge in [0.25, 0.3) is 0 Å². The van der Waals surface area contributed by atoms with Crippen LogP contribution < -0.4 is 5.32 Å². The number of amides is 1. The molecule has 1 heterocycles. The summed E-state index contributed by atoms with van der Waals surface area (Å²) in [7, 11) is 0. The third-order valence-electron chi connectivity index (χ3n) is 6.03. The Labute approximate surface area is 200 Å². The monoisotopic (exact) mass is 476 g/mol. The van der Waals surface area contributed by atoms with Gasteiger partial charge in [0.1, 0.15) is 11.6 Å². The standard InChI is InChI=1S/C26H22F2N4OS/c27-19-12-10-18(11-13-19)26(14-15-26)17-29-23(33)16-34-25-31-30-24(21-8-4-5-9-22(21)28)32(25)20-6-2-1-3-7-20/h1-13H,14-17H2,(H,29,33). The molecule has 172 valence electrons. The molecule has 1 aliphatic rings. The van der Waals surface area contributed by atoms with Crippen LogP contribution in [0.1, 0.15) is 18.4 Å². The fourth-order valence-corrected chi connectivity index (χ4v) is 4.74. The summed E-state index contributed by atoms with van der Waals surface area (Å²) in [6.45, 7) is 0.504. The third kappa shape index (κ3) is 4.59. The maximum absolute atomic E-state index is 14.5. The molecule has 0 aliphatic heterocycles. The van der Waals surface area contributed by atoms with Crippen LogP contribution in [-0.2, 0) is 10.2 Å². The van der Waals surface area contributed by atoms with Crippen LogP contribution in [0.2, 0.25) is 0 Å². The summed E-state index contributed by atoms with van der Waals surface area (Å²) in [5.74, 6) is -0.273. The molecule has 3 aromatic carbocycles. The predicted molar refractivity (Wildman–Crippen MR) is 128 cm³/mol. The lowest BCUT2D eigenvalue weighted by atomic mass is 9.96. The van der Waals surface area contributed by atoms with Crippen LogP contribution in [0.15, 0.2) is 84.0 Å². The number of hydrogen-bond acceptors (Lipinski definition) is 4. The molecule has 1 amide bonds. The van der Waals surface area contributed by atoms with E-state index in [-0.39, 0.29) is 22.9 Å². The van der Waals surface area contributed by atoms with Crippen LogP contribution >= 0.6 is 11.8 Å². The lowest BCUT2D eigenvalue weighted by Gasteiger charge is -2.16. The van der Waals surface area contributed by atoms with E-state index in [9.17, 15) is 13.6 Å². The Morgan fingerprint density at radius 1 is 0.941 bits per heavy atom. The van der Waals surface area contributed by atoms with Crippen LogP contribution in [0.5, 0.6) is 0 Å². The van der Waals surface area contributed by atoms with E-state index in [1.54, 1.807) is 34.9 Å². The van der Waals surface area contributed by atoms with Crippen LogP contribution in [0.4, 0.5) is 8.78 Å². The second-order valence-corrected chi connectivity index (χ2v) is 9.25. The van der Waals surface area contributed by atoms with E-state index in [2.05, 4.69) is 15.5 Å². The fraction of sp³-hybridized carbons (Fsp3) is 0.192. The summed E-state index contributed by atoms with van der Waals surface area (Å²) in [5, 5.41) is 12.0. The molecule has 0 unspecified atom stereocenters. The molecule has 34 heavy (non-hydrogen) atoms. The maximum atomic E-state index is 14.5. The number of nitrogens with one attached hydrogen (secondary N) is 1. The van der Waals surface area contributed by atoms with E-state index in [1.807, 2.05) is 30.3 Å². The van der Waals surface area contributed by atoms with Crippen molar-refractivity contribution in [2.24, 2.45) is 0 Å². The van der Waals surface area contributed by atoms with Crippen LogP contribution in [0, 0.1) is 11.6 Å². The third-order valence-corrected chi connectivity index (χ3v) is 6.96. The summed E-state index contributed by atoms with van der Waals surface area (Å²) in [4.78, 5) is 12.6. The molecule has 1 N–H and O–H groups in total. The number of hydrogen-bond donors (Lipinski definition) is 1. The average Bonchev–Trinajstić information content (AvgIpc) is 3.54. The lowest BCUT2D eigenvalue weighted by molar-refractivity contribution is -0.118. The van der Waals surface area contributed by atoms with Crippen LogP contribution in [-0.4, -0.2) is 33.0 Å². The molecule has 8 heteroatoms. The lowest BCUT2D eigenvalue weighted by Crippen LogP contribution is -2.33. The van der Waals surface area contributed by atoms with Crippen molar-refractivity contribution in [2.45, 2.75) is 23.4 Å². The molecule has 0 atom stereocenters. The molecular formula is C26H22F2N4OS. The molecule has 0 bridgehead atoms. The number of benzene rings is 3. The van der Waals surface area contributed by atoms with Crippen molar-refractivity contribution in [3.8, 4) is 17.1 Å². The fourth-order valence-electron chi connectivity index (χ4n) is 3.96. The first kappa shape index (κ1) is 22.3. The Balaban J connectivity index is 1.30. The predicted octanol–water partition coefficient (Wildman–Crippen LogP) is 5.15. The largest absolute Gasteiger partial charge is 0.354 e. The minimum atomic E-state index is -0.392. The zero-order valence-corrected chi connectivity index (χ0v) is 19.1. The highest BCUT2D eigenvalue weighted by Gasteiger charge is 2.44. The summed E-state index contributed by atoms with van der Waals surface area (Å²) in [6.07, 6.45) is 1.92. The molecule has 1 saturated carbocycles. The van der Waals surface area contributed by atoms with E-state index in [4.69, 9.17) is 0 Å². The normalized spacial score (nSPS) is 14.1. The van der Waals surface area contributed by atoms with Crippen molar-refractivity contribution in [2.75, 3.05) is 12.3 Å². The average molecular weight is 477 g/mol. The van der Waals surface area contributed by atoms with E-state index in [0.29, 0.717) is 23.1 Å². The van der Waals surface area contributed by atoms with Crippen molar-refractivity contribution in [1.82, 2.24) is 20.1 Å². The van der Waals surface area contributed by atoms with Crippen LogP contribution in [0.25, 0.3) is 17.1 Å². The molecule has 0 saturated heterocycles. The van der Waals surface area contributed by atoms with Gasteiger partial charge >= 0.3 is 0 Å². The number of para-hydroxylation sites is 1. The molecule has 4 aromatic rings. The number of carbonyl (C=O) groups is 1. The van der Waals surface area contributed by atoms with Gasteiger partial charge < -0.3 is 5.32 Å². The number of halogens is 2. The van der Waals surface area contributed by atoms with Gasteiger partial charge in [0.2, 0.25) is 5.91 Å². The zero-order chi connectivity index (χ0) is 23.5. The van der Waals surface area contributed by atoms with Crippen molar-refractivity contribution in [3.05, 3.63) is 96.1 Å². The van der Waals surface area contributed by atoms with Crippen molar-refractivity contribution in [3.63, 3.8) is 0 Å². The van der Waals surface area contributed by atoms with Crippen molar-refractivity contribution in [1.29, 1.82) is 0 Å². The van der Waals surface area contributed by atoms with Gasteiger partial charge in [-0.15, -0.1) is 10.2 Å². The first-order valence-corrected chi connectivity index (χ1v) is 12.0. The Hall–Kier alpha value is -3.52. The Kier molecular flexibility index (Phi) is 6.15. The molecule has 1 aromatic heterocycles. The minimum absolute atomic E-state index is 0.115. The van der Waals surface area contributed by atoms with Gasteiger partial charge in [-0.2, -0.15) is 0 Å². The van der Waals surface area contributed by atoms with Gasteiger partial charge in [-0.25, -0.2) is 8.78 Å². The summed E-state index contributed by atoms with van der Waals surface area (Å²) in [6, 6.07) is 22.3. The summed E-state index contributed by atoms with van der Waals surface area (Å²) < 4.78 is 29.5. The summed E-state index contributed by atoms with van der Waals surface area (Å²) >= 11 is 1.25. The highest BCUT2D eigenvalue weighted by atomic mass is 32.2. The minimum Gasteiger partial charge on any atom is -0.354 e. The SMILES string of the molecule is O=C(CSc1nnc(-c2ccccc2F)n1-c1ccccc1)NCC1(c2ccc(F)cc2)CC1.